The van der Waals surface area contributed by atoms with Crippen molar-refractivity contribution in [1.29, 1.82) is 0 Å². The third-order valence-electron chi connectivity index (χ3n) is 19.8. The minimum Gasteiger partial charge on any atom is -0.394 e. The summed E-state index contributed by atoms with van der Waals surface area (Å²) in [5.74, 6) is 1.05. The predicted molar refractivity (Wildman–Crippen MR) is 255 cm³/mol. The third-order valence-corrected chi connectivity index (χ3v) is 19.8. The highest BCUT2D eigenvalue weighted by Crippen LogP contribution is 2.70. The molecule has 23 nitrogen and oxygen atoms in total. The average molecular weight is 1080 g/mol. The number of hydrogen-bond acceptors (Lipinski definition) is 23. The van der Waals surface area contributed by atoms with Gasteiger partial charge in [0, 0.05) is 19.4 Å². The summed E-state index contributed by atoms with van der Waals surface area (Å²) in [5, 5.41) is 138. The number of hydrogen-bond donors (Lipinski definition) is 13. The van der Waals surface area contributed by atoms with Crippen LogP contribution in [0.25, 0.3) is 0 Å². The van der Waals surface area contributed by atoms with E-state index in [9.17, 15) is 66.4 Å². The van der Waals surface area contributed by atoms with Crippen LogP contribution in [0.3, 0.4) is 0 Å². The lowest BCUT2D eigenvalue weighted by Gasteiger charge is -2.58. The van der Waals surface area contributed by atoms with Gasteiger partial charge in [-0.2, -0.15) is 0 Å². The quantitative estimate of drug-likeness (QED) is 0.0720. The van der Waals surface area contributed by atoms with E-state index in [1.54, 1.807) is 14.0 Å². The Bertz CT molecular complexity index is 1940. The molecule has 8 fully saturated rings. The Labute approximate surface area is 437 Å². The highest BCUT2D eigenvalue weighted by atomic mass is 16.8. The summed E-state index contributed by atoms with van der Waals surface area (Å²) >= 11 is 0. The van der Waals surface area contributed by atoms with Gasteiger partial charge in [0.25, 0.3) is 0 Å². The number of aliphatic hydroxyl groups excluding tert-OH is 13. The van der Waals surface area contributed by atoms with Crippen molar-refractivity contribution in [2.45, 2.75) is 233 Å². The van der Waals surface area contributed by atoms with Crippen molar-refractivity contribution in [3.05, 3.63) is 11.6 Å². The fourth-order valence-corrected chi connectivity index (χ4v) is 15.3. The molecule has 13 N–H and O–H groups in total. The van der Waals surface area contributed by atoms with E-state index in [-0.39, 0.29) is 35.4 Å². The first-order valence-electron chi connectivity index (χ1n) is 27.3. The summed E-state index contributed by atoms with van der Waals surface area (Å²) in [6.07, 6.45) is -21.3. The summed E-state index contributed by atoms with van der Waals surface area (Å²) in [7, 11) is 1.73. The molecule has 23 heteroatoms. The molecule has 0 aromatic rings. The fraction of sp³-hybridized carbons (Fsp3) is 0.962. The van der Waals surface area contributed by atoms with Crippen LogP contribution >= 0.6 is 0 Å². The summed E-state index contributed by atoms with van der Waals surface area (Å²) in [4.78, 5) is 0. The smallest absolute Gasteiger partial charge is 0.187 e. The largest absolute Gasteiger partial charge is 0.394 e. The average Bonchev–Trinajstić information content (AvgIpc) is 3.86. The zero-order valence-corrected chi connectivity index (χ0v) is 43.8. The van der Waals surface area contributed by atoms with Gasteiger partial charge in [0.15, 0.2) is 30.9 Å². The van der Waals surface area contributed by atoms with Crippen LogP contribution in [0.2, 0.25) is 0 Å². The molecular weight excluding hydrogens is 993 g/mol. The lowest BCUT2D eigenvalue weighted by Crippen LogP contribution is -2.67. The maximum Gasteiger partial charge on any atom is 0.187 e. The van der Waals surface area contributed by atoms with Gasteiger partial charge < -0.3 is 114 Å². The Balaban J connectivity index is 0.817. The molecule has 5 aliphatic heterocycles. The molecule has 0 radical (unpaired) electrons. The number of methoxy groups -OCH3 is 1. The highest BCUT2D eigenvalue weighted by Gasteiger charge is 2.68. The molecular formula is C52H86O23. The Morgan fingerprint density at radius 3 is 1.80 bits per heavy atom. The summed E-state index contributed by atoms with van der Waals surface area (Å²) in [5.41, 5.74) is 1.22. The van der Waals surface area contributed by atoms with Crippen molar-refractivity contribution in [1.82, 2.24) is 0 Å². The van der Waals surface area contributed by atoms with Gasteiger partial charge in [-0.05, 0) is 98.7 Å². The van der Waals surface area contributed by atoms with Gasteiger partial charge in [0.2, 0.25) is 0 Å². The van der Waals surface area contributed by atoms with E-state index in [1.807, 2.05) is 0 Å². The predicted octanol–water partition coefficient (Wildman–Crippen LogP) is -2.35. The molecule has 4 aliphatic carbocycles. The van der Waals surface area contributed by atoms with Crippen LogP contribution < -0.4 is 0 Å². The molecule has 0 unspecified atom stereocenters. The zero-order valence-electron chi connectivity index (χ0n) is 43.8. The lowest BCUT2D eigenvalue weighted by atomic mass is 9.47. The number of allylic oxidation sites excluding steroid dienone is 1. The molecule has 9 rings (SSSR count). The molecule has 5 heterocycles. The lowest BCUT2D eigenvalue weighted by molar-refractivity contribution is -0.382. The molecule has 0 bridgehead atoms. The van der Waals surface area contributed by atoms with Gasteiger partial charge in [-0.1, -0.05) is 39.3 Å². The van der Waals surface area contributed by atoms with Gasteiger partial charge in [0.05, 0.1) is 44.7 Å². The van der Waals surface area contributed by atoms with Crippen molar-refractivity contribution in [3.8, 4) is 0 Å². The molecule has 31 atom stereocenters. The van der Waals surface area contributed by atoms with Crippen LogP contribution in [0.15, 0.2) is 11.6 Å². The van der Waals surface area contributed by atoms with E-state index in [2.05, 4.69) is 33.8 Å². The minimum atomic E-state index is -1.94. The second-order valence-electron chi connectivity index (χ2n) is 24.0. The standard InChI is InChI=1S/C52H86O23/c1-21(20-67-46-40(62)38(60)34(56)23(3)68-46)9-14-52(66-6)22(2)33-29(75-52)16-28-26-8-7-24-15-25(10-12-50(24,4)27(26)11-13-51(28,33)5)69-48-42(64)44(36(58)31(18-54)71-48)74-49-43(65)45(37(59)32(19-55)72-49)73-47-41(63)39(61)35(57)30(17-53)70-47/h7,21-23,25-49,53-65H,8-20H2,1-6H3/t21-,22+,23+,25+,26-,27+,28+,29+,30-,31-,32-,33+,34+,35-,36-,37-,38-,39+,40-,41-,42-,43-,44+,45+,46-,47+,48-,49+,50+,51+,52-/m1/s1. The first-order chi connectivity index (χ1) is 35.6. The SMILES string of the molecule is CO[C@]1(CC[C@@H](C)CO[C@@H]2O[C@@H](C)[C@H](O)[C@@H](O)[C@H]2O)O[C@H]2C[C@H]3[C@@H]4CC=C5C[C@@H](O[C@@H]6O[C@H](CO)[C@@H](O)[C@H](O[C@@H]7O[C@H](CO)[C@@H](O)[C@H](O[C@@H]8O[C@H](CO)[C@@H](O)[C@H](O)[C@H]8O)[C@H]7O)[C@H]6O)CC[C@]5(C)[C@H]4CC[C@]3(C)[C@H]2[C@@H]1C. The Morgan fingerprint density at radius 1 is 0.640 bits per heavy atom. The molecule has 75 heavy (non-hydrogen) atoms. The van der Waals surface area contributed by atoms with Crippen LogP contribution in [0.1, 0.15) is 92.4 Å². The van der Waals surface area contributed by atoms with Crippen molar-refractivity contribution < 1.29 is 114 Å². The number of fused-ring (bicyclic) bond motifs is 7. The van der Waals surface area contributed by atoms with Crippen LogP contribution in [-0.4, -0.2) is 241 Å². The maximum atomic E-state index is 11.8. The topological polar surface area (TPSA) is 355 Å². The van der Waals surface area contributed by atoms with Crippen molar-refractivity contribution >= 4 is 0 Å². The van der Waals surface area contributed by atoms with Gasteiger partial charge in [0.1, 0.15) is 91.6 Å². The third kappa shape index (κ3) is 10.5. The summed E-state index contributed by atoms with van der Waals surface area (Å²) in [6, 6.07) is 0. The summed E-state index contributed by atoms with van der Waals surface area (Å²) < 4.78 is 60.2. The van der Waals surface area contributed by atoms with Crippen molar-refractivity contribution in [2.24, 2.45) is 46.3 Å². The second-order valence-corrected chi connectivity index (χ2v) is 24.0. The fourth-order valence-electron chi connectivity index (χ4n) is 15.3. The molecule has 5 saturated heterocycles. The van der Waals surface area contributed by atoms with Crippen LogP contribution in [-0.2, 0) is 47.4 Å². The first kappa shape index (κ1) is 58.5. The molecule has 0 aromatic carbocycles. The Morgan fingerprint density at radius 2 is 1.20 bits per heavy atom. The number of ether oxygens (including phenoxy) is 10. The van der Waals surface area contributed by atoms with E-state index in [0.717, 1.165) is 38.5 Å². The molecule has 0 aromatic heterocycles. The number of aliphatic hydroxyl groups is 13. The van der Waals surface area contributed by atoms with Gasteiger partial charge in [-0.15, -0.1) is 0 Å². The van der Waals surface area contributed by atoms with Crippen LogP contribution in [0.4, 0.5) is 0 Å². The van der Waals surface area contributed by atoms with E-state index < -0.39 is 155 Å². The first-order valence-corrected chi connectivity index (χ1v) is 27.3. The van der Waals surface area contributed by atoms with Crippen molar-refractivity contribution in [3.63, 3.8) is 0 Å². The summed E-state index contributed by atoms with van der Waals surface area (Å²) in [6.45, 7) is 8.78. The minimum absolute atomic E-state index is 0.0372. The number of rotatable bonds is 16. The Kier molecular flexibility index (Phi) is 17.9. The van der Waals surface area contributed by atoms with Crippen molar-refractivity contribution in [2.75, 3.05) is 33.5 Å². The van der Waals surface area contributed by atoms with E-state index in [1.165, 1.54) is 5.57 Å². The monoisotopic (exact) mass is 1080 g/mol. The Hall–Kier alpha value is -1.18. The molecule has 432 valence electrons. The van der Waals surface area contributed by atoms with Gasteiger partial charge in [-0.3, -0.25) is 0 Å². The molecule has 0 spiro atoms. The molecule has 9 aliphatic rings. The van der Waals surface area contributed by atoms with E-state index in [0.29, 0.717) is 42.9 Å². The second kappa shape index (κ2) is 23.0. The van der Waals surface area contributed by atoms with E-state index in [4.69, 9.17) is 47.4 Å². The molecule has 3 saturated carbocycles. The normalized spacial score (nSPS) is 54.3. The zero-order chi connectivity index (χ0) is 54.2. The van der Waals surface area contributed by atoms with E-state index >= 15 is 0 Å². The highest BCUT2D eigenvalue weighted by molar-refractivity contribution is 5.26. The van der Waals surface area contributed by atoms with Gasteiger partial charge in [-0.25, -0.2) is 0 Å². The van der Waals surface area contributed by atoms with Crippen LogP contribution in [0.5, 0.6) is 0 Å². The maximum absolute atomic E-state index is 11.8. The molecule has 0 amide bonds. The van der Waals surface area contributed by atoms with Crippen LogP contribution in [0, 0.1) is 46.3 Å². The van der Waals surface area contributed by atoms with Gasteiger partial charge >= 0.3 is 0 Å².